The van der Waals surface area contributed by atoms with Gasteiger partial charge in [-0.1, -0.05) is 5.16 Å². The van der Waals surface area contributed by atoms with Crippen molar-refractivity contribution in [3.05, 3.63) is 17.5 Å². The normalized spacial score (nSPS) is 11.9. The van der Waals surface area contributed by atoms with Crippen molar-refractivity contribution in [3.8, 4) is 0 Å². The molecule has 0 radical (unpaired) electrons. The summed E-state index contributed by atoms with van der Waals surface area (Å²) in [6.07, 6.45) is 0.837. The van der Waals surface area contributed by atoms with Crippen LogP contribution in [0, 0.1) is 0 Å². The van der Waals surface area contributed by atoms with Gasteiger partial charge in [-0.25, -0.2) is 0 Å². The van der Waals surface area contributed by atoms with Crippen LogP contribution in [0.2, 0.25) is 0 Å². The number of carbonyl (C=O) groups excluding carboxylic acids is 1. The molecule has 108 valence electrons. The Bertz CT molecular complexity index is 416. The molecule has 0 aliphatic rings. The molecule has 0 aromatic carbocycles. The van der Waals surface area contributed by atoms with E-state index in [4.69, 9.17) is 4.52 Å². The summed E-state index contributed by atoms with van der Waals surface area (Å²) in [5.74, 6) is 0.264. The molecule has 0 atom stereocenters. The molecule has 0 saturated carbocycles. The fourth-order valence-corrected chi connectivity index (χ4v) is 1.32. The molecule has 1 aromatic rings. The van der Waals surface area contributed by atoms with Crippen molar-refractivity contribution < 1.29 is 13.7 Å². The van der Waals surface area contributed by atoms with Crippen molar-refractivity contribution in [2.45, 2.75) is 32.2 Å². The molecule has 6 heteroatoms. The second-order valence-electron chi connectivity index (χ2n) is 5.36. The summed E-state index contributed by atoms with van der Waals surface area (Å²) in [6.45, 7) is 4.16. The van der Waals surface area contributed by atoms with Crippen LogP contribution in [0.15, 0.2) is 10.6 Å². The number of aryl methyl sites for hydroxylation is 1. The van der Waals surface area contributed by atoms with Gasteiger partial charge >= 0.3 is 0 Å². The summed E-state index contributed by atoms with van der Waals surface area (Å²) >= 11 is 0. The lowest BCUT2D eigenvalue weighted by Crippen LogP contribution is -2.48. The van der Waals surface area contributed by atoms with Crippen molar-refractivity contribution in [2.24, 2.45) is 0 Å². The van der Waals surface area contributed by atoms with Crippen LogP contribution in [-0.4, -0.2) is 48.8 Å². The molecule has 1 heterocycles. The SMILES string of the molecule is CN(C)C(C)(C)CNC(=O)c1cc(CCCF)on1. The Kier molecular flexibility index (Phi) is 5.47. The van der Waals surface area contributed by atoms with Crippen molar-refractivity contribution >= 4 is 5.91 Å². The zero-order valence-electron chi connectivity index (χ0n) is 12.0. The van der Waals surface area contributed by atoms with Crippen LogP contribution in [0.3, 0.4) is 0 Å². The van der Waals surface area contributed by atoms with E-state index in [1.54, 1.807) is 6.07 Å². The predicted molar refractivity (Wildman–Crippen MR) is 70.9 cm³/mol. The van der Waals surface area contributed by atoms with Gasteiger partial charge in [-0.2, -0.15) is 0 Å². The summed E-state index contributed by atoms with van der Waals surface area (Å²) < 4.78 is 17.0. The van der Waals surface area contributed by atoms with E-state index in [0.717, 1.165) is 0 Å². The highest BCUT2D eigenvalue weighted by Crippen LogP contribution is 2.10. The average Bonchev–Trinajstić information content (AvgIpc) is 2.82. The molecule has 0 aliphatic heterocycles. The van der Waals surface area contributed by atoms with Crippen LogP contribution >= 0.6 is 0 Å². The predicted octanol–water partition coefficient (Wildman–Crippen LogP) is 1.65. The fourth-order valence-electron chi connectivity index (χ4n) is 1.32. The summed E-state index contributed by atoms with van der Waals surface area (Å²) in [7, 11) is 3.91. The number of halogens is 1. The number of nitrogens with one attached hydrogen (secondary N) is 1. The molecule has 0 bridgehead atoms. The van der Waals surface area contributed by atoms with Crippen LogP contribution in [0.25, 0.3) is 0 Å². The minimum absolute atomic E-state index is 0.142. The highest BCUT2D eigenvalue weighted by molar-refractivity contribution is 5.92. The minimum atomic E-state index is -0.404. The van der Waals surface area contributed by atoms with Crippen LogP contribution in [0.4, 0.5) is 4.39 Å². The van der Waals surface area contributed by atoms with Gasteiger partial charge in [-0.05, 0) is 34.4 Å². The van der Waals surface area contributed by atoms with E-state index < -0.39 is 6.67 Å². The lowest BCUT2D eigenvalue weighted by molar-refractivity contribution is 0.0910. The first-order valence-electron chi connectivity index (χ1n) is 6.34. The number of nitrogens with zero attached hydrogens (tertiary/aromatic N) is 2. The highest BCUT2D eigenvalue weighted by atomic mass is 19.1. The summed E-state index contributed by atoms with van der Waals surface area (Å²) in [5, 5.41) is 6.50. The number of hydrogen-bond acceptors (Lipinski definition) is 4. The van der Waals surface area contributed by atoms with E-state index in [1.807, 2.05) is 32.8 Å². The monoisotopic (exact) mass is 271 g/mol. The van der Waals surface area contributed by atoms with Gasteiger partial charge in [0.25, 0.3) is 5.91 Å². The third kappa shape index (κ3) is 4.63. The van der Waals surface area contributed by atoms with Crippen LogP contribution in [-0.2, 0) is 6.42 Å². The van der Waals surface area contributed by atoms with Crippen LogP contribution < -0.4 is 5.32 Å². The molecule has 0 unspecified atom stereocenters. The van der Waals surface area contributed by atoms with E-state index >= 15 is 0 Å². The Morgan fingerprint density at radius 2 is 2.21 bits per heavy atom. The lowest BCUT2D eigenvalue weighted by Gasteiger charge is -2.32. The zero-order valence-corrected chi connectivity index (χ0v) is 12.0. The Balaban J connectivity index is 2.52. The largest absolute Gasteiger partial charge is 0.361 e. The highest BCUT2D eigenvalue weighted by Gasteiger charge is 2.22. The molecule has 0 fully saturated rings. The molecule has 1 aromatic heterocycles. The van der Waals surface area contributed by atoms with Gasteiger partial charge < -0.3 is 14.7 Å². The zero-order chi connectivity index (χ0) is 14.5. The van der Waals surface area contributed by atoms with Gasteiger partial charge in [0.2, 0.25) is 0 Å². The minimum Gasteiger partial charge on any atom is -0.361 e. The summed E-state index contributed by atoms with van der Waals surface area (Å²) in [4.78, 5) is 13.9. The maximum Gasteiger partial charge on any atom is 0.273 e. The summed E-state index contributed by atoms with van der Waals surface area (Å²) in [5.41, 5.74) is 0.0969. The number of carbonyl (C=O) groups is 1. The third-order valence-electron chi connectivity index (χ3n) is 3.24. The van der Waals surface area contributed by atoms with Crippen molar-refractivity contribution in [1.29, 1.82) is 0 Å². The van der Waals surface area contributed by atoms with E-state index in [0.29, 0.717) is 25.1 Å². The summed E-state index contributed by atoms with van der Waals surface area (Å²) in [6, 6.07) is 1.56. The van der Waals surface area contributed by atoms with E-state index in [1.165, 1.54) is 0 Å². The Hall–Kier alpha value is -1.43. The number of amides is 1. The van der Waals surface area contributed by atoms with Crippen LogP contribution in [0.5, 0.6) is 0 Å². The standard InChI is InChI=1S/C13H22FN3O2/c1-13(2,17(3)4)9-15-12(18)11-8-10(19-16-11)6-5-7-14/h8H,5-7,9H2,1-4H3,(H,15,18). The topological polar surface area (TPSA) is 58.4 Å². The molecule has 0 aliphatic carbocycles. The molecule has 0 spiro atoms. The molecule has 5 nitrogen and oxygen atoms in total. The molecule has 1 N–H and O–H groups in total. The molecular formula is C13H22FN3O2. The Labute approximate surface area is 113 Å². The van der Waals surface area contributed by atoms with Crippen molar-refractivity contribution in [3.63, 3.8) is 0 Å². The fraction of sp³-hybridized carbons (Fsp3) is 0.692. The number of likely N-dealkylation sites (N-methyl/N-ethyl adjacent to an activating group) is 1. The van der Waals surface area contributed by atoms with Gasteiger partial charge in [0.1, 0.15) is 5.76 Å². The molecule has 19 heavy (non-hydrogen) atoms. The first-order valence-corrected chi connectivity index (χ1v) is 6.34. The van der Waals surface area contributed by atoms with Crippen LogP contribution in [0.1, 0.15) is 36.5 Å². The van der Waals surface area contributed by atoms with E-state index in [-0.39, 0.29) is 17.1 Å². The first kappa shape index (κ1) is 15.6. The Morgan fingerprint density at radius 1 is 1.53 bits per heavy atom. The van der Waals surface area contributed by atoms with E-state index in [9.17, 15) is 9.18 Å². The quantitative estimate of drug-likeness (QED) is 0.819. The lowest BCUT2D eigenvalue weighted by atomic mass is 10.0. The van der Waals surface area contributed by atoms with Gasteiger partial charge in [-0.3, -0.25) is 9.18 Å². The maximum absolute atomic E-state index is 12.0. The van der Waals surface area contributed by atoms with E-state index in [2.05, 4.69) is 10.5 Å². The average molecular weight is 271 g/mol. The number of rotatable bonds is 7. The Morgan fingerprint density at radius 3 is 2.79 bits per heavy atom. The molecule has 1 rings (SSSR count). The number of hydrogen-bond donors (Lipinski definition) is 1. The van der Waals surface area contributed by atoms with Crippen molar-refractivity contribution in [1.82, 2.24) is 15.4 Å². The molecule has 1 amide bonds. The second-order valence-corrected chi connectivity index (χ2v) is 5.36. The molecule has 0 saturated heterocycles. The number of aromatic nitrogens is 1. The van der Waals surface area contributed by atoms with Gasteiger partial charge in [-0.15, -0.1) is 0 Å². The van der Waals surface area contributed by atoms with Gasteiger partial charge in [0.05, 0.1) is 6.67 Å². The third-order valence-corrected chi connectivity index (χ3v) is 3.24. The smallest absolute Gasteiger partial charge is 0.273 e. The van der Waals surface area contributed by atoms with Gasteiger partial charge in [0.15, 0.2) is 5.69 Å². The second kappa shape index (κ2) is 6.65. The van der Waals surface area contributed by atoms with Gasteiger partial charge in [0, 0.05) is 24.6 Å². The molecular weight excluding hydrogens is 249 g/mol. The first-order chi connectivity index (χ1) is 8.86. The number of alkyl halides is 1. The maximum atomic E-state index is 12.0. The van der Waals surface area contributed by atoms with Crippen molar-refractivity contribution in [2.75, 3.05) is 27.3 Å².